The maximum Gasteiger partial charge on any atom is 0.291 e. The Morgan fingerprint density at radius 2 is 2.22 bits per heavy atom. The minimum Gasteiger partial charge on any atom is -0.275 e. The fraction of sp³-hybridized carbons (Fsp3) is 0.0833. The second kappa shape index (κ2) is 5.22. The van der Waals surface area contributed by atoms with Crippen LogP contribution in [0.15, 0.2) is 41.6 Å². The third kappa shape index (κ3) is 2.79. The number of hydrogen-bond acceptors (Lipinski definition) is 3. The summed E-state index contributed by atoms with van der Waals surface area (Å²) >= 11 is 0. The van der Waals surface area contributed by atoms with Gasteiger partial charge in [-0.1, -0.05) is 18.2 Å². The summed E-state index contributed by atoms with van der Waals surface area (Å²) in [4.78, 5) is 11.5. The standard InChI is InChI=1S/C12H11FN4O/c1-17-7-6-11(16-17)12(18)15-14-8-9-4-2-3-5-10(9)13/h2-8H,1H3,(H,15,18). The van der Waals surface area contributed by atoms with Crippen LogP contribution in [0.3, 0.4) is 0 Å². The predicted octanol–water partition coefficient (Wildman–Crippen LogP) is 1.32. The Hall–Kier alpha value is -2.50. The average Bonchev–Trinajstić information content (AvgIpc) is 2.78. The lowest BCUT2D eigenvalue weighted by Crippen LogP contribution is -2.18. The topological polar surface area (TPSA) is 59.3 Å². The van der Waals surface area contributed by atoms with E-state index in [0.717, 1.165) is 0 Å². The molecule has 2 rings (SSSR count). The summed E-state index contributed by atoms with van der Waals surface area (Å²) < 4.78 is 14.7. The first-order valence-corrected chi connectivity index (χ1v) is 5.24. The number of aromatic nitrogens is 2. The number of hydrazone groups is 1. The molecule has 0 aliphatic rings. The molecule has 1 N–H and O–H groups in total. The van der Waals surface area contributed by atoms with Gasteiger partial charge in [-0.2, -0.15) is 10.2 Å². The van der Waals surface area contributed by atoms with E-state index in [1.807, 2.05) is 0 Å². The van der Waals surface area contributed by atoms with Crippen LogP contribution in [0.2, 0.25) is 0 Å². The SMILES string of the molecule is Cn1ccc(C(=O)NN=Cc2ccccc2F)n1. The van der Waals surface area contributed by atoms with Crippen molar-refractivity contribution < 1.29 is 9.18 Å². The number of nitrogens with zero attached hydrogens (tertiary/aromatic N) is 3. The van der Waals surface area contributed by atoms with Crippen molar-refractivity contribution >= 4 is 12.1 Å². The second-order valence-corrected chi connectivity index (χ2v) is 3.60. The van der Waals surface area contributed by atoms with Crippen molar-refractivity contribution in [2.45, 2.75) is 0 Å². The Bertz CT molecular complexity index is 591. The van der Waals surface area contributed by atoms with E-state index in [4.69, 9.17) is 0 Å². The maximum atomic E-state index is 13.2. The molecule has 6 heteroatoms. The number of aryl methyl sites for hydroxylation is 1. The van der Waals surface area contributed by atoms with Crippen LogP contribution in [0.5, 0.6) is 0 Å². The summed E-state index contributed by atoms with van der Waals surface area (Å²) in [6.07, 6.45) is 2.89. The van der Waals surface area contributed by atoms with Crippen LogP contribution >= 0.6 is 0 Å². The monoisotopic (exact) mass is 246 g/mol. The van der Waals surface area contributed by atoms with Crippen LogP contribution in [0, 0.1) is 5.82 Å². The van der Waals surface area contributed by atoms with Gasteiger partial charge in [0.15, 0.2) is 5.69 Å². The minimum absolute atomic E-state index is 0.253. The third-order valence-corrected chi connectivity index (χ3v) is 2.22. The molecule has 1 heterocycles. The summed E-state index contributed by atoms with van der Waals surface area (Å²) in [7, 11) is 1.71. The zero-order chi connectivity index (χ0) is 13.0. The Kier molecular flexibility index (Phi) is 3.47. The van der Waals surface area contributed by atoms with Crippen molar-refractivity contribution in [3.63, 3.8) is 0 Å². The first-order chi connectivity index (χ1) is 8.66. The molecule has 0 radical (unpaired) electrons. The first kappa shape index (κ1) is 12.0. The predicted molar refractivity (Wildman–Crippen MR) is 64.7 cm³/mol. The Balaban J connectivity index is 2.00. The van der Waals surface area contributed by atoms with Crippen molar-refractivity contribution in [3.8, 4) is 0 Å². The summed E-state index contributed by atoms with van der Waals surface area (Å²) in [5.41, 5.74) is 2.83. The van der Waals surface area contributed by atoms with Gasteiger partial charge in [0, 0.05) is 18.8 Å². The van der Waals surface area contributed by atoms with E-state index in [0.29, 0.717) is 5.56 Å². The Labute approximate surface area is 103 Å². The van der Waals surface area contributed by atoms with Gasteiger partial charge in [0.05, 0.1) is 6.21 Å². The van der Waals surface area contributed by atoms with Gasteiger partial charge in [-0.15, -0.1) is 0 Å². The van der Waals surface area contributed by atoms with Gasteiger partial charge in [0.1, 0.15) is 5.82 Å². The molecule has 1 aromatic heterocycles. The van der Waals surface area contributed by atoms with Crippen LogP contribution in [0.25, 0.3) is 0 Å². The quantitative estimate of drug-likeness (QED) is 0.656. The molecule has 18 heavy (non-hydrogen) atoms. The van der Waals surface area contributed by atoms with E-state index < -0.39 is 11.7 Å². The highest BCUT2D eigenvalue weighted by atomic mass is 19.1. The fourth-order valence-electron chi connectivity index (χ4n) is 1.33. The number of carbonyl (C=O) groups is 1. The highest BCUT2D eigenvalue weighted by molar-refractivity contribution is 5.93. The molecule has 0 fully saturated rings. The van der Waals surface area contributed by atoms with Crippen molar-refractivity contribution in [1.29, 1.82) is 0 Å². The second-order valence-electron chi connectivity index (χ2n) is 3.60. The third-order valence-electron chi connectivity index (χ3n) is 2.22. The zero-order valence-electron chi connectivity index (χ0n) is 9.67. The molecule has 0 aliphatic heterocycles. The average molecular weight is 246 g/mol. The van der Waals surface area contributed by atoms with E-state index in [2.05, 4.69) is 15.6 Å². The van der Waals surface area contributed by atoms with Gasteiger partial charge in [-0.25, -0.2) is 9.82 Å². The lowest BCUT2D eigenvalue weighted by Gasteiger charge is -1.96. The zero-order valence-corrected chi connectivity index (χ0v) is 9.67. The van der Waals surface area contributed by atoms with Crippen LogP contribution in [0.1, 0.15) is 16.1 Å². The number of benzene rings is 1. The molecular formula is C12H11FN4O. The first-order valence-electron chi connectivity index (χ1n) is 5.24. The van der Waals surface area contributed by atoms with Crippen molar-refractivity contribution in [2.24, 2.45) is 12.1 Å². The molecule has 0 atom stereocenters. The molecular weight excluding hydrogens is 235 g/mol. The van der Waals surface area contributed by atoms with Gasteiger partial charge < -0.3 is 0 Å². The number of nitrogens with one attached hydrogen (secondary N) is 1. The van der Waals surface area contributed by atoms with E-state index >= 15 is 0 Å². The van der Waals surface area contributed by atoms with Gasteiger partial charge in [-0.3, -0.25) is 9.48 Å². The largest absolute Gasteiger partial charge is 0.291 e. The van der Waals surface area contributed by atoms with Gasteiger partial charge in [0.2, 0.25) is 0 Å². The van der Waals surface area contributed by atoms with Crippen molar-refractivity contribution in [2.75, 3.05) is 0 Å². The normalized spacial score (nSPS) is 10.8. The van der Waals surface area contributed by atoms with E-state index in [1.54, 1.807) is 37.5 Å². The molecule has 0 saturated carbocycles. The molecule has 0 aliphatic carbocycles. The van der Waals surface area contributed by atoms with Crippen LogP contribution in [-0.4, -0.2) is 21.9 Å². The molecule has 5 nitrogen and oxygen atoms in total. The van der Waals surface area contributed by atoms with Gasteiger partial charge >= 0.3 is 0 Å². The molecule has 1 aromatic carbocycles. The highest BCUT2D eigenvalue weighted by Crippen LogP contribution is 2.02. The molecule has 2 aromatic rings. The smallest absolute Gasteiger partial charge is 0.275 e. The Morgan fingerprint density at radius 3 is 2.89 bits per heavy atom. The lowest BCUT2D eigenvalue weighted by atomic mass is 10.2. The molecule has 0 unspecified atom stereocenters. The molecule has 92 valence electrons. The van der Waals surface area contributed by atoms with Crippen LogP contribution < -0.4 is 5.43 Å². The summed E-state index contributed by atoms with van der Waals surface area (Å²) in [6.45, 7) is 0. The highest BCUT2D eigenvalue weighted by Gasteiger charge is 2.06. The van der Waals surface area contributed by atoms with E-state index in [1.165, 1.54) is 17.0 Å². The van der Waals surface area contributed by atoms with Crippen molar-refractivity contribution in [1.82, 2.24) is 15.2 Å². The number of rotatable bonds is 3. The molecule has 0 saturated heterocycles. The van der Waals surface area contributed by atoms with Crippen LogP contribution in [0.4, 0.5) is 4.39 Å². The maximum absolute atomic E-state index is 13.2. The number of amides is 1. The summed E-state index contributed by atoms with van der Waals surface area (Å²) in [5.74, 6) is -0.837. The van der Waals surface area contributed by atoms with Crippen LogP contribution in [-0.2, 0) is 7.05 Å². The van der Waals surface area contributed by atoms with E-state index in [-0.39, 0.29) is 5.69 Å². The minimum atomic E-state index is -0.441. The molecule has 1 amide bonds. The number of halogens is 1. The molecule has 0 bridgehead atoms. The fourth-order valence-corrected chi connectivity index (χ4v) is 1.33. The van der Waals surface area contributed by atoms with Gasteiger partial charge in [-0.05, 0) is 12.1 Å². The van der Waals surface area contributed by atoms with Gasteiger partial charge in [0.25, 0.3) is 5.91 Å². The number of carbonyl (C=O) groups excluding carboxylic acids is 1. The Morgan fingerprint density at radius 1 is 1.44 bits per heavy atom. The summed E-state index contributed by atoms with van der Waals surface area (Å²) in [5, 5.41) is 7.58. The number of hydrogen-bond donors (Lipinski definition) is 1. The summed E-state index contributed by atoms with van der Waals surface area (Å²) in [6, 6.07) is 7.71. The molecule has 0 spiro atoms. The van der Waals surface area contributed by atoms with E-state index in [9.17, 15) is 9.18 Å². The van der Waals surface area contributed by atoms with Crippen molar-refractivity contribution in [3.05, 3.63) is 53.6 Å². The lowest BCUT2D eigenvalue weighted by molar-refractivity contribution is 0.0949.